The van der Waals surface area contributed by atoms with Crippen molar-refractivity contribution in [1.82, 2.24) is 4.57 Å². The maximum atomic E-state index is 6.77. The summed E-state index contributed by atoms with van der Waals surface area (Å²) < 4.78 is 9.19. The molecule has 0 aliphatic rings. The Labute approximate surface area is 318 Å². The van der Waals surface area contributed by atoms with Crippen LogP contribution in [0.4, 0.5) is 17.1 Å². The lowest BCUT2D eigenvalue weighted by molar-refractivity contribution is 0.669. The van der Waals surface area contributed by atoms with Gasteiger partial charge in [0.1, 0.15) is 5.58 Å². The molecule has 0 saturated carbocycles. The standard InChI is InChI=1S/C52H34N2O/c1-2-17-35(18-3-1)39-21-6-11-27-46(39)54(50-31-16-26-44-43-25-10-15-32-51(43)55-52(44)50)49-30-14-9-24-42(49)45-34-37(33-36-19-4-5-20-38(36)45)53-47-28-12-7-22-40(47)41-23-8-13-29-48(41)53/h1-34H. The van der Waals surface area contributed by atoms with E-state index >= 15 is 0 Å². The predicted octanol–water partition coefficient (Wildman–Crippen LogP) is 14.6. The van der Waals surface area contributed by atoms with Gasteiger partial charge >= 0.3 is 0 Å². The molecule has 55 heavy (non-hydrogen) atoms. The molecule has 2 aromatic heterocycles. The molecule has 0 aliphatic carbocycles. The molecule has 0 bridgehead atoms. The van der Waals surface area contributed by atoms with E-state index in [1.54, 1.807) is 0 Å². The van der Waals surface area contributed by atoms with Crippen LogP contribution >= 0.6 is 0 Å². The van der Waals surface area contributed by atoms with E-state index < -0.39 is 0 Å². The van der Waals surface area contributed by atoms with E-state index in [1.165, 1.54) is 32.6 Å². The number of para-hydroxylation sites is 6. The minimum atomic E-state index is 0.852. The van der Waals surface area contributed by atoms with Gasteiger partial charge in [0.15, 0.2) is 5.58 Å². The summed E-state index contributed by atoms with van der Waals surface area (Å²) >= 11 is 0. The van der Waals surface area contributed by atoms with Gasteiger partial charge in [-0.1, -0.05) is 158 Å². The van der Waals surface area contributed by atoms with Crippen molar-refractivity contribution in [3.63, 3.8) is 0 Å². The summed E-state index contributed by atoms with van der Waals surface area (Å²) in [5.41, 5.74) is 12.9. The number of nitrogens with zero attached hydrogens (tertiary/aromatic N) is 2. The van der Waals surface area contributed by atoms with Gasteiger partial charge in [0.05, 0.1) is 28.1 Å². The van der Waals surface area contributed by atoms with Crippen LogP contribution in [0.5, 0.6) is 0 Å². The Kier molecular flexibility index (Phi) is 7.17. The summed E-state index contributed by atoms with van der Waals surface area (Å²) in [6.07, 6.45) is 0. The molecule has 0 amide bonds. The zero-order valence-corrected chi connectivity index (χ0v) is 29.9. The van der Waals surface area contributed by atoms with E-state index in [0.29, 0.717) is 0 Å². The molecule has 2 heterocycles. The summed E-state index contributed by atoms with van der Waals surface area (Å²) in [7, 11) is 0. The molecule has 11 aromatic rings. The van der Waals surface area contributed by atoms with Gasteiger partial charge < -0.3 is 13.9 Å². The van der Waals surface area contributed by atoms with Gasteiger partial charge in [0.2, 0.25) is 0 Å². The average Bonchev–Trinajstić information content (AvgIpc) is 3.81. The van der Waals surface area contributed by atoms with Crippen molar-refractivity contribution in [2.45, 2.75) is 0 Å². The van der Waals surface area contributed by atoms with E-state index in [0.717, 1.165) is 66.9 Å². The van der Waals surface area contributed by atoms with Crippen molar-refractivity contribution < 1.29 is 4.42 Å². The van der Waals surface area contributed by atoms with Gasteiger partial charge in [-0.2, -0.15) is 0 Å². The van der Waals surface area contributed by atoms with Crippen LogP contribution in [0.3, 0.4) is 0 Å². The minimum Gasteiger partial charge on any atom is -0.454 e. The summed E-state index contributed by atoms with van der Waals surface area (Å²) in [6, 6.07) is 73.9. The van der Waals surface area contributed by atoms with Crippen LogP contribution in [0.1, 0.15) is 0 Å². The molecule has 0 atom stereocenters. The third-order valence-corrected chi connectivity index (χ3v) is 11.0. The van der Waals surface area contributed by atoms with Crippen molar-refractivity contribution in [2.24, 2.45) is 0 Å². The molecule has 0 N–H and O–H groups in total. The number of furan rings is 1. The zero-order valence-electron chi connectivity index (χ0n) is 29.9. The van der Waals surface area contributed by atoms with E-state index in [2.05, 4.69) is 210 Å². The van der Waals surface area contributed by atoms with Gasteiger partial charge in [0, 0.05) is 38.4 Å². The number of hydrogen-bond acceptors (Lipinski definition) is 2. The quantitative estimate of drug-likeness (QED) is 0.172. The van der Waals surface area contributed by atoms with Gasteiger partial charge in [-0.3, -0.25) is 0 Å². The number of aromatic nitrogens is 1. The Morgan fingerprint density at radius 3 is 1.67 bits per heavy atom. The first-order valence-corrected chi connectivity index (χ1v) is 18.8. The molecule has 0 spiro atoms. The lowest BCUT2D eigenvalue weighted by Crippen LogP contribution is -2.13. The number of benzene rings is 9. The lowest BCUT2D eigenvalue weighted by atomic mass is 9.94. The van der Waals surface area contributed by atoms with Gasteiger partial charge in [-0.25, -0.2) is 0 Å². The van der Waals surface area contributed by atoms with E-state index in [4.69, 9.17) is 4.42 Å². The summed E-state index contributed by atoms with van der Waals surface area (Å²) in [5, 5.41) is 7.06. The monoisotopic (exact) mass is 702 g/mol. The minimum absolute atomic E-state index is 0.852. The summed E-state index contributed by atoms with van der Waals surface area (Å²) in [4.78, 5) is 2.41. The molecule has 0 fully saturated rings. The Hall–Kier alpha value is -7.36. The molecule has 0 unspecified atom stereocenters. The molecule has 0 saturated heterocycles. The van der Waals surface area contributed by atoms with Crippen molar-refractivity contribution in [3.8, 4) is 27.9 Å². The Morgan fingerprint density at radius 1 is 0.364 bits per heavy atom. The van der Waals surface area contributed by atoms with E-state index in [9.17, 15) is 0 Å². The Morgan fingerprint density at radius 2 is 0.909 bits per heavy atom. The molecule has 3 nitrogen and oxygen atoms in total. The first-order valence-electron chi connectivity index (χ1n) is 18.8. The zero-order chi connectivity index (χ0) is 36.3. The molecule has 11 rings (SSSR count). The van der Waals surface area contributed by atoms with Crippen molar-refractivity contribution in [2.75, 3.05) is 4.90 Å². The predicted molar refractivity (Wildman–Crippen MR) is 231 cm³/mol. The van der Waals surface area contributed by atoms with Crippen molar-refractivity contribution in [3.05, 3.63) is 206 Å². The maximum Gasteiger partial charge on any atom is 0.159 e. The summed E-state index contributed by atoms with van der Waals surface area (Å²) in [5.74, 6) is 0. The molecule has 3 heteroatoms. The van der Waals surface area contributed by atoms with Gasteiger partial charge in [-0.15, -0.1) is 0 Å². The number of fused-ring (bicyclic) bond motifs is 7. The van der Waals surface area contributed by atoms with Crippen molar-refractivity contribution in [1.29, 1.82) is 0 Å². The van der Waals surface area contributed by atoms with Crippen LogP contribution in [0.15, 0.2) is 211 Å². The smallest absolute Gasteiger partial charge is 0.159 e. The number of anilines is 3. The van der Waals surface area contributed by atoms with Crippen LogP contribution in [-0.2, 0) is 0 Å². The maximum absolute atomic E-state index is 6.77. The van der Waals surface area contributed by atoms with E-state index in [-0.39, 0.29) is 0 Å². The second kappa shape index (κ2) is 12.6. The fraction of sp³-hybridized carbons (Fsp3) is 0. The molecule has 258 valence electrons. The average molecular weight is 703 g/mol. The highest BCUT2D eigenvalue weighted by atomic mass is 16.3. The Balaban J connectivity index is 1.22. The van der Waals surface area contributed by atoms with Crippen molar-refractivity contribution >= 4 is 71.6 Å². The fourth-order valence-electron chi connectivity index (χ4n) is 8.57. The second-order valence-corrected chi connectivity index (χ2v) is 14.1. The molecular formula is C52H34N2O. The van der Waals surface area contributed by atoms with E-state index in [1.807, 2.05) is 6.07 Å². The second-order valence-electron chi connectivity index (χ2n) is 14.1. The first kappa shape index (κ1) is 31.2. The molecule has 0 aliphatic heterocycles. The highest BCUT2D eigenvalue weighted by molar-refractivity contribution is 6.13. The third kappa shape index (κ3) is 4.98. The van der Waals surface area contributed by atoms with Crippen LogP contribution in [-0.4, -0.2) is 4.57 Å². The lowest BCUT2D eigenvalue weighted by Gasteiger charge is -2.30. The van der Waals surface area contributed by atoms with Crippen LogP contribution in [0, 0.1) is 0 Å². The van der Waals surface area contributed by atoms with Gasteiger partial charge in [0.25, 0.3) is 0 Å². The fourth-order valence-corrected chi connectivity index (χ4v) is 8.57. The number of hydrogen-bond donors (Lipinski definition) is 0. The summed E-state index contributed by atoms with van der Waals surface area (Å²) in [6.45, 7) is 0. The number of rotatable bonds is 6. The van der Waals surface area contributed by atoms with Gasteiger partial charge in [-0.05, 0) is 70.4 Å². The van der Waals surface area contributed by atoms with Crippen LogP contribution in [0.2, 0.25) is 0 Å². The highest BCUT2D eigenvalue weighted by Crippen LogP contribution is 2.49. The molecular weight excluding hydrogens is 669 g/mol. The Bertz CT molecular complexity index is 3170. The largest absolute Gasteiger partial charge is 0.454 e. The van der Waals surface area contributed by atoms with Crippen LogP contribution < -0.4 is 4.90 Å². The molecule has 0 radical (unpaired) electrons. The molecule has 9 aromatic carbocycles. The highest BCUT2D eigenvalue weighted by Gasteiger charge is 2.25. The first-order chi connectivity index (χ1) is 27.3. The SMILES string of the molecule is c1ccc(-c2ccccc2N(c2ccccc2-c2cc(-n3c4ccccc4c4ccccc43)cc3ccccc23)c2cccc3c2oc2ccccc23)cc1. The van der Waals surface area contributed by atoms with Crippen LogP contribution in [0.25, 0.3) is 82.5 Å². The topological polar surface area (TPSA) is 21.3 Å². The normalized spacial score (nSPS) is 11.6. The third-order valence-electron chi connectivity index (χ3n) is 11.0.